The molecule has 1 heterocycles. The Morgan fingerprint density at radius 1 is 0.973 bits per heavy atom. The minimum absolute atomic E-state index is 0.0546. The second-order valence-corrected chi connectivity index (χ2v) is 10.00. The van der Waals surface area contributed by atoms with Gasteiger partial charge in [-0.25, -0.2) is 8.78 Å². The number of hydrogen-bond donors (Lipinski definition) is 0. The van der Waals surface area contributed by atoms with Crippen LogP contribution in [0.4, 0.5) is 35.1 Å². The van der Waals surface area contributed by atoms with Crippen LogP contribution in [0, 0.1) is 11.6 Å². The minimum atomic E-state index is -5.11. The van der Waals surface area contributed by atoms with Gasteiger partial charge in [0, 0.05) is 13.0 Å². The molecule has 1 fully saturated rings. The van der Waals surface area contributed by atoms with E-state index in [1.54, 1.807) is 0 Å². The summed E-state index contributed by atoms with van der Waals surface area (Å²) in [5, 5.41) is 0. The third kappa shape index (κ3) is 7.17. The quantitative estimate of drug-likeness (QED) is 0.365. The number of morpholine rings is 1. The van der Waals surface area contributed by atoms with Gasteiger partial charge in [-0.15, -0.1) is 0 Å². The largest absolute Gasteiger partial charge is 0.416 e. The smallest absolute Gasteiger partial charge is 0.359 e. The fourth-order valence-corrected chi connectivity index (χ4v) is 4.20. The number of halogens is 8. The highest BCUT2D eigenvalue weighted by Gasteiger charge is 2.43. The van der Waals surface area contributed by atoms with Crippen molar-refractivity contribution in [2.45, 2.75) is 30.9 Å². The monoisotopic (exact) mass is 561 g/mol. The standard InChI is InChI=1S/C22H19F8NO5S/c1-37(33,34)36-5-4-20(14-2-3-17(23)18(24)9-14)12-31(19(32)11-35-20)10-13-6-15(21(25,26)27)8-16(7-13)22(28,29)30/h2-3,6-9H,4-5,10-12H2,1H3. The van der Waals surface area contributed by atoms with Crippen molar-refractivity contribution in [2.75, 3.05) is 26.0 Å². The molecule has 1 atom stereocenters. The van der Waals surface area contributed by atoms with Crippen LogP contribution in [0.25, 0.3) is 0 Å². The van der Waals surface area contributed by atoms with Crippen molar-refractivity contribution in [3.8, 4) is 0 Å². The number of hydrogen-bond acceptors (Lipinski definition) is 5. The predicted octanol–water partition coefficient (Wildman–Crippen LogP) is 4.62. The number of amides is 1. The van der Waals surface area contributed by atoms with Crippen LogP contribution in [0.3, 0.4) is 0 Å². The average molecular weight is 561 g/mol. The molecule has 0 spiro atoms. The summed E-state index contributed by atoms with van der Waals surface area (Å²) in [5.41, 5.74) is -5.43. The topological polar surface area (TPSA) is 72.9 Å². The molecule has 1 aliphatic rings. The van der Waals surface area contributed by atoms with E-state index in [2.05, 4.69) is 0 Å². The molecule has 1 saturated heterocycles. The molecule has 0 aromatic heterocycles. The first kappa shape index (κ1) is 28.8. The Labute approximate surface area is 205 Å². The minimum Gasteiger partial charge on any atom is -0.359 e. The zero-order valence-electron chi connectivity index (χ0n) is 18.9. The molecule has 0 N–H and O–H groups in total. The van der Waals surface area contributed by atoms with Gasteiger partial charge in [-0.3, -0.25) is 8.98 Å². The number of benzene rings is 2. The third-order valence-corrected chi connectivity index (χ3v) is 6.14. The Morgan fingerprint density at radius 3 is 2.08 bits per heavy atom. The lowest BCUT2D eigenvalue weighted by Crippen LogP contribution is -2.53. The lowest BCUT2D eigenvalue weighted by atomic mass is 9.88. The van der Waals surface area contributed by atoms with Crippen LogP contribution in [0.5, 0.6) is 0 Å². The van der Waals surface area contributed by atoms with Crippen molar-refractivity contribution in [1.29, 1.82) is 0 Å². The summed E-state index contributed by atoms with van der Waals surface area (Å²) in [6.07, 6.45) is -9.81. The lowest BCUT2D eigenvalue weighted by Gasteiger charge is -2.43. The zero-order chi connectivity index (χ0) is 27.8. The van der Waals surface area contributed by atoms with E-state index in [-0.39, 0.29) is 18.1 Å². The van der Waals surface area contributed by atoms with Gasteiger partial charge in [0.2, 0.25) is 5.91 Å². The maximum atomic E-state index is 14.0. The Morgan fingerprint density at radius 2 is 1.57 bits per heavy atom. The molecule has 0 aliphatic carbocycles. The molecule has 2 aromatic carbocycles. The maximum absolute atomic E-state index is 14.0. The molecule has 3 rings (SSSR count). The van der Waals surface area contributed by atoms with Crippen LogP contribution in [0.15, 0.2) is 36.4 Å². The van der Waals surface area contributed by atoms with Gasteiger partial charge in [0.05, 0.1) is 30.5 Å². The summed E-state index contributed by atoms with van der Waals surface area (Å²) in [4.78, 5) is 13.4. The number of ether oxygens (including phenoxy) is 1. The van der Waals surface area contributed by atoms with Crippen LogP contribution >= 0.6 is 0 Å². The third-order valence-electron chi connectivity index (χ3n) is 5.54. The average Bonchev–Trinajstić information content (AvgIpc) is 2.75. The van der Waals surface area contributed by atoms with Crippen molar-refractivity contribution < 1.29 is 57.3 Å². The highest BCUT2D eigenvalue weighted by Crippen LogP contribution is 2.38. The van der Waals surface area contributed by atoms with Crippen LogP contribution in [0.1, 0.15) is 28.7 Å². The van der Waals surface area contributed by atoms with Gasteiger partial charge in [-0.05, 0) is 41.5 Å². The Balaban J connectivity index is 2.00. The molecule has 0 radical (unpaired) electrons. The van der Waals surface area contributed by atoms with Crippen LogP contribution < -0.4 is 0 Å². The molecule has 2 aromatic rings. The van der Waals surface area contributed by atoms with Crippen molar-refractivity contribution in [1.82, 2.24) is 4.90 Å². The Hall–Kier alpha value is -2.78. The molecule has 0 bridgehead atoms. The molecular formula is C22H19F8NO5S. The molecule has 1 unspecified atom stereocenters. The zero-order valence-corrected chi connectivity index (χ0v) is 19.7. The maximum Gasteiger partial charge on any atom is 0.416 e. The van der Waals surface area contributed by atoms with Crippen LogP contribution in [-0.2, 0) is 48.3 Å². The summed E-state index contributed by atoms with van der Waals surface area (Å²) >= 11 is 0. The molecule has 1 aliphatic heterocycles. The van der Waals surface area contributed by atoms with Gasteiger partial charge in [-0.2, -0.15) is 34.8 Å². The predicted molar refractivity (Wildman–Crippen MR) is 111 cm³/mol. The SMILES string of the molecule is CS(=O)(=O)OCCC1(c2ccc(F)c(F)c2)CN(Cc2cc(C(F)(F)F)cc(C(F)(F)F)c2)C(=O)CO1. The summed E-state index contributed by atoms with van der Waals surface area (Å²) in [6, 6.07) is 3.44. The normalized spacial score (nSPS) is 19.4. The van der Waals surface area contributed by atoms with E-state index in [1.165, 1.54) is 0 Å². The Kier molecular flexibility index (Phi) is 7.92. The number of rotatable bonds is 7. The van der Waals surface area contributed by atoms with Crippen molar-refractivity contribution in [3.05, 3.63) is 70.3 Å². The first-order valence-corrected chi connectivity index (χ1v) is 12.2. The van der Waals surface area contributed by atoms with Crippen molar-refractivity contribution in [2.24, 2.45) is 0 Å². The summed E-state index contributed by atoms with van der Waals surface area (Å²) < 4.78 is 140. The van der Waals surface area contributed by atoms with Gasteiger partial charge in [0.25, 0.3) is 10.1 Å². The molecule has 1 amide bonds. The van der Waals surface area contributed by atoms with E-state index in [1.807, 2.05) is 0 Å². The second kappa shape index (κ2) is 10.2. The van der Waals surface area contributed by atoms with E-state index in [0.717, 1.165) is 29.4 Å². The van der Waals surface area contributed by atoms with Gasteiger partial charge in [-0.1, -0.05) is 6.07 Å². The van der Waals surface area contributed by atoms with Gasteiger partial charge < -0.3 is 9.64 Å². The van der Waals surface area contributed by atoms with E-state index < -0.39 is 88.6 Å². The fourth-order valence-electron chi connectivity index (χ4n) is 3.82. The van der Waals surface area contributed by atoms with Gasteiger partial charge >= 0.3 is 12.4 Å². The summed E-state index contributed by atoms with van der Waals surface area (Å²) in [7, 11) is -3.94. The molecule has 0 saturated carbocycles. The van der Waals surface area contributed by atoms with Crippen LogP contribution in [0.2, 0.25) is 0 Å². The van der Waals surface area contributed by atoms with E-state index in [9.17, 15) is 48.3 Å². The van der Waals surface area contributed by atoms with Gasteiger partial charge in [0.15, 0.2) is 11.6 Å². The molecule has 204 valence electrons. The van der Waals surface area contributed by atoms with Crippen molar-refractivity contribution in [3.63, 3.8) is 0 Å². The fraction of sp³-hybridized carbons (Fsp3) is 0.409. The lowest BCUT2D eigenvalue weighted by molar-refractivity contribution is -0.169. The number of carbonyl (C=O) groups is 1. The number of nitrogens with zero attached hydrogens (tertiary/aromatic N) is 1. The van der Waals surface area contributed by atoms with Gasteiger partial charge in [0.1, 0.15) is 12.2 Å². The van der Waals surface area contributed by atoms with Crippen LogP contribution in [-0.4, -0.2) is 45.2 Å². The first-order valence-electron chi connectivity index (χ1n) is 10.4. The van der Waals surface area contributed by atoms with Crippen molar-refractivity contribution >= 4 is 16.0 Å². The highest BCUT2D eigenvalue weighted by molar-refractivity contribution is 7.85. The first-order chi connectivity index (χ1) is 16.9. The number of alkyl halides is 6. The second-order valence-electron chi connectivity index (χ2n) is 8.35. The number of carbonyl (C=O) groups excluding carboxylic acids is 1. The summed E-state index contributed by atoms with van der Waals surface area (Å²) in [5.74, 6) is -3.34. The molecule has 6 nitrogen and oxygen atoms in total. The van der Waals surface area contributed by atoms with E-state index in [4.69, 9.17) is 8.92 Å². The summed E-state index contributed by atoms with van der Waals surface area (Å²) in [6.45, 7) is -2.53. The molecular weight excluding hydrogens is 542 g/mol. The van der Waals surface area contributed by atoms with E-state index in [0.29, 0.717) is 12.1 Å². The Bertz CT molecular complexity index is 1250. The highest BCUT2D eigenvalue weighted by atomic mass is 32.2. The van der Waals surface area contributed by atoms with E-state index >= 15 is 0 Å². The molecule has 37 heavy (non-hydrogen) atoms. The molecule has 15 heteroatoms.